The summed E-state index contributed by atoms with van der Waals surface area (Å²) in [5.74, 6) is 1.08. The maximum Gasteiger partial charge on any atom is 0.292 e. The van der Waals surface area contributed by atoms with Crippen molar-refractivity contribution in [2.24, 2.45) is 5.92 Å². The number of nitrogens with zero attached hydrogens (tertiary/aromatic N) is 4. The molecule has 33 heavy (non-hydrogen) atoms. The highest BCUT2D eigenvalue weighted by molar-refractivity contribution is 6.01. The van der Waals surface area contributed by atoms with Gasteiger partial charge in [-0.1, -0.05) is 18.2 Å². The van der Waals surface area contributed by atoms with Crippen LogP contribution in [-0.4, -0.2) is 43.9 Å². The van der Waals surface area contributed by atoms with Crippen LogP contribution in [-0.2, 0) is 11.3 Å². The van der Waals surface area contributed by atoms with Gasteiger partial charge in [0, 0.05) is 30.6 Å². The molecule has 1 aliphatic rings. The predicted molar refractivity (Wildman–Crippen MR) is 127 cm³/mol. The van der Waals surface area contributed by atoms with E-state index in [1.165, 1.54) is 6.08 Å². The van der Waals surface area contributed by atoms with Gasteiger partial charge in [-0.25, -0.2) is 5.10 Å². The van der Waals surface area contributed by atoms with E-state index in [2.05, 4.69) is 27.9 Å². The summed E-state index contributed by atoms with van der Waals surface area (Å²) in [4.78, 5) is 26.3. The fourth-order valence-electron chi connectivity index (χ4n) is 4.72. The summed E-state index contributed by atoms with van der Waals surface area (Å²) in [6.07, 6.45) is 3.02. The minimum atomic E-state index is -0.393. The fraction of sp³-hybridized carbons (Fsp3) is 0.333. The molecule has 4 heterocycles. The molecule has 3 N–H and O–H groups in total. The number of nitrogen functional groups attached to an aromatic ring is 1. The summed E-state index contributed by atoms with van der Waals surface area (Å²) in [5, 5.41) is 12.6. The van der Waals surface area contributed by atoms with Crippen LogP contribution < -0.4 is 11.3 Å². The third-order valence-corrected chi connectivity index (χ3v) is 6.54. The molecule has 0 bridgehead atoms. The van der Waals surface area contributed by atoms with E-state index in [0.29, 0.717) is 36.5 Å². The smallest absolute Gasteiger partial charge is 0.292 e. The number of aromatic nitrogens is 4. The molecule has 1 saturated heterocycles. The first kappa shape index (κ1) is 21.0. The number of carbonyl (C=O) groups excluding carboxylic acids is 1. The summed E-state index contributed by atoms with van der Waals surface area (Å²) in [6.45, 7) is 9.52. The van der Waals surface area contributed by atoms with Crippen molar-refractivity contribution in [3.63, 3.8) is 0 Å². The second-order valence-corrected chi connectivity index (χ2v) is 8.72. The van der Waals surface area contributed by atoms with Crippen LogP contribution in [0.3, 0.4) is 0 Å². The molecule has 0 spiro atoms. The number of hydrogen-bond donors (Lipinski definition) is 2. The topological polar surface area (TPSA) is 123 Å². The number of anilines is 1. The molecule has 9 heteroatoms. The van der Waals surface area contributed by atoms with E-state index in [4.69, 9.17) is 10.2 Å². The highest BCUT2D eigenvalue weighted by atomic mass is 16.3. The lowest BCUT2D eigenvalue weighted by molar-refractivity contribution is -0.127. The largest absolute Gasteiger partial charge is 0.454 e. The Kier molecular flexibility index (Phi) is 5.03. The first-order chi connectivity index (χ1) is 15.9. The minimum absolute atomic E-state index is 0.0439. The number of likely N-dealkylation sites (tertiary alicyclic amines) is 1. The lowest BCUT2D eigenvalue weighted by Gasteiger charge is -2.31. The van der Waals surface area contributed by atoms with Crippen molar-refractivity contribution >= 4 is 33.6 Å². The number of benzene rings is 1. The normalized spacial score (nSPS) is 14.9. The Bertz CT molecular complexity index is 1450. The Labute approximate surface area is 189 Å². The number of nitrogens with one attached hydrogen (secondary N) is 1. The molecule has 170 valence electrons. The molecule has 9 nitrogen and oxygen atoms in total. The van der Waals surface area contributed by atoms with Crippen LogP contribution in [0, 0.1) is 19.8 Å². The number of hydrogen-bond acceptors (Lipinski definition) is 6. The van der Waals surface area contributed by atoms with Crippen molar-refractivity contribution in [3.8, 4) is 11.5 Å². The summed E-state index contributed by atoms with van der Waals surface area (Å²) in [7, 11) is 0. The van der Waals surface area contributed by atoms with Crippen molar-refractivity contribution in [1.82, 2.24) is 24.9 Å². The van der Waals surface area contributed by atoms with Crippen LogP contribution in [0.5, 0.6) is 0 Å². The Morgan fingerprint density at radius 1 is 1.33 bits per heavy atom. The number of H-pyrrole nitrogens is 1. The number of piperidine rings is 1. The number of fused-ring (bicyclic) bond motifs is 2. The van der Waals surface area contributed by atoms with Gasteiger partial charge in [0.15, 0.2) is 17.1 Å². The Morgan fingerprint density at radius 3 is 2.82 bits per heavy atom. The van der Waals surface area contributed by atoms with Gasteiger partial charge in [-0.2, -0.15) is 10.2 Å². The third-order valence-electron chi connectivity index (χ3n) is 6.54. The molecule has 3 aromatic heterocycles. The van der Waals surface area contributed by atoms with Crippen LogP contribution in [0.2, 0.25) is 0 Å². The van der Waals surface area contributed by atoms with Gasteiger partial charge in [0.25, 0.3) is 5.56 Å². The summed E-state index contributed by atoms with van der Waals surface area (Å²) >= 11 is 0. The quantitative estimate of drug-likeness (QED) is 0.464. The van der Waals surface area contributed by atoms with Gasteiger partial charge in [-0.3, -0.25) is 14.3 Å². The van der Waals surface area contributed by atoms with Crippen LogP contribution in [0.4, 0.5) is 5.82 Å². The highest BCUT2D eigenvalue weighted by Crippen LogP contribution is 2.38. The lowest BCUT2D eigenvalue weighted by Crippen LogP contribution is -2.38. The van der Waals surface area contributed by atoms with Crippen molar-refractivity contribution in [1.29, 1.82) is 0 Å². The van der Waals surface area contributed by atoms with Gasteiger partial charge in [0.05, 0.1) is 5.39 Å². The van der Waals surface area contributed by atoms with Crippen molar-refractivity contribution in [3.05, 3.63) is 52.3 Å². The Balaban J connectivity index is 1.61. The number of amides is 1. The predicted octanol–water partition coefficient (Wildman–Crippen LogP) is 3.16. The Hall–Kier alpha value is -3.88. The second kappa shape index (κ2) is 7.91. The van der Waals surface area contributed by atoms with Crippen molar-refractivity contribution in [2.45, 2.75) is 33.2 Å². The van der Waals surface area contributed by atoms with Crippen LogP contribution in [0.25, 0.3) is 33.3 Å². The monoisotopic (exact) mass is 446 g/mol. The first-order valence-electron chi connectivity index (χ1n) is 11.0. The second-order valence-electron chi connectivity index (χ2n) is 8.72. The highest BCUT2D eigenvalue weighted by Gasteiger charge is 2.28. The molecular weight excluding hydrogens is 420 g/mol. The SMILES string of the molecule is C=CC(=O)N1CCC(Cn2nc3c(=O)[nH]nc(N)c3c2-c2oc3ccc(C)cc3c2C)CC1. The number of rotatable bonds is 4. The van der Waals surface area contributed by atoms with Crippen LogP contribution in [0.15, 0.2) is 40.1 Å². The number of carbonyl (C=O) groups is 1. The molecule has 0 saturated carbocycles. The minimum Gasteiger partial charge on any atom is -0.454 e. The van der Waals surface area contributed by atoms with Gasteiger partial charge in [-0.05, 0) is 50.8 Å². The third kappa shape index (κ3) is 3.49. The van der Waals surface area contributed by atoms with Gasteiger partial charge >= 0.3 is 0 Å². The molecule has 4 aromatic rings. The Morgan fingerprint density at radius 2 is 2.09 bits per heavy atom. The van der Waals surface area contributed by atoms with Gasteiger partial charge in [-0.15, -0.1) is 0 Å². The molecule has 0 radical (unpaired) electrons. The van der Waals surface area contributed by atoms with E-state index in [1.54, 1.807) is 0 Å². The molecule has 0 atom stereocenters. The molecule has 1 amide bonds. The molecule has 1 aliphatic heterocycles. The maximum absolute atomic E-state index is 12.5. The fourth-order valence-corrected chi connectivity index (χ4v) is 4.72. The van der Waals surface area contributed by atoms with Gasteiger partial charge < -0.3 is 15.1 Å². The van der Waals surface area contributed by atoms with Gasteiger partial charge in [0.2, 0.25) is 5.91 Å². The maximum atomic E-state index is 12.5. The average Bonchev–Trinajstić information content (AvgIpc) is 3.34. The summed E-state index contributed by atoms with van der Waals surface area (Å²) in [6, 6.07) is 6.04. The molecule has 1 fully saturated rings. The molecular formula is C24H26N6O3. The zero-order valence-corrected chi connectivity index (χ0v) is 18.7. The van der Waals surface area contributed by atoms with E-state index in [-0.39, 0.29) is 23.2 Å². The molecule has 0 aliphatic carbocycles. The van der Waals surface area contributed by atoms with E-state index in [1.807, 2.05) is 35.6 Å². The molecule has 0 unspecified atom stereocenters. The average molecular weight is 447 g/mol. The number of nitrogens with two attached hydrogens (primary N) is 1. The first-order valence-corrected chi connectivity index (χ1v) is 11.0. The van der Waals surface area contributed by atoms with E-state index in [9.17, 15) is 9.59 Å². The van der Waals surface area contributed by atoms with Crippen molar-refractivity contribution < 1.29 is 9.21 Å². The van der Waals surface area contributed by atoms with Crippen LogP contribution in [0.1, 0.15) is 24.0 Å². The number of aryl methyl sites for hydroxylation is 2. The molecule has 5 rings (SSSR count). The number of furan rings is 1. The van der Waals surface area contributed by atoms with E-state index >= 15 is 0 Å². The standard InChI is InChI=1S/C24H26N6O3/c1-4-18(31)29-9-7-15(8-10-29)12-30-21(19-20(28-30)24(32)27-26-23(19)25)22-14(3)16-11-13(2)5-6-17(16)33-22/h4-6,11,15H,1,7-10,12H2,2-3H3,(H2,25,26)(H,27,32). The summed E-state index contributed by atoms with van der Waals surface area (Å²) < 4.78 is 8.10. The lowest BCUT2D eigenvalue weighted by atomic mass is 9.96. The zero-order chi connectivity index (χ0) is 23.3. The molecule has 1 aromatic carbocycles. The van der Waals surface area contributed by atoms with Crippen molar-refractivity contribution in [2.75, 3.05) is 18.8 Å². The summed E-state index contributed by atoms with van der Waals surface area (Å²) in [5.41, 5.74) is 9.59. The van der Waals surface area contributed by atoms with Gasteiger partial charge in [0.1, 0.15) is 11.3 Å². The zero-order valence-electron chi connectivity index (χ0n) is 18.7. The number of aromatic amines is 1. The van der Waals surface area contributed by atoms with E-state index < -0.39 is 5.56 Å². The van der Waals surface area contributed by atoms with Crippen LogP contribution >= 0.6 is 0 Å². The van der Waals surface area contributed by atoms with E-state index in [0.717, 1.165) is 34.9 Å².